The van der Waals surface area contributed by atoms with Crippen LogP contribution in [-0.2, 0) is 6.61 Å². The van der Waals surface area contributed by atoms with Crippen LogP contribution in [0.15, 0.2) is 140 Å². The lowest BCUT2D eigenvalue weighted by atomic mass is 9.99. The lowest BCUT2D eigenvalue weighted by Crippen LogP contribution is -1.97. The summed E-state index contributed by atoms with van der Waals surface area (Å²) in [5.74, 6) is 0.848. The molecule has 0 spiro atoms. The topological polar surface area (TPSA) is 14.2 Å². The van der Waals surface area contributed by atoms with Gasteiger partial charge in [-0.05, 0) is 95.8 Å². The SMILES string of the molecule is C=Cc1ccc(COc2ccc(-n3c4ccc(-c5ccc(C)cc5)cc4c4cc(-c5ccc(C)cc5)ccc43)cc2)cc1. The molecule has 6 aromatic carbocycles. The maximum Gasteiger partial charge on any atom is 0.119 e. The summed E-state index contributed by atoms with van der Waals surface area (Å²) in [6.45, 7) is 8.61. The van der Waals surface area contributed by atoms with Gasteiger partial charge in [-0.2, -0.15) is 0 Å². The first-order valence-electron chi connectivity index (χ1n) is 14.7. The highest BCUT2D eigenvalue weighted by atomic mass is 16.5. The predicted molar refractivity (Wildman–Crippen MR) is 182 cm³/mol. The first-order chi connectivity index (χ1) is 21.1. The van der Waals surface area contributed by atoms with Crippen molar-refractivity contribution in [3.8, 4) is 33.7 Å². The summed E-state index contributed by atoms with van der Waals surface area (Å²) in [4.78, 5) is 0. The summed E-state index contributed by atoms with van der Waals surface area (Å²) in [7, 11) is 0. The minimum absolute atomic E-state index is 0.524. The molecule has 0 amide bonds. The van der Waals surface area contributed by atoms with Crippen molar-refractivity contribution in [2.24, 2.45) is 0 Å². The van der Waals surface area contributed by atoms with E-state index in [9.17, 15) is 0 Å². The Bertz CT molecular complexity index is 1960. The zero-order valence-corrected chi connectivity index (χ0v) is 24.5. The molecule has 43 heavy (non-hydrogen) atoms. The van der Waals surface area contributed by atoms with E-state index in [4.69, 9.17) is 4.74 Å². The van der Waals surface area contributed by atoms with Gasteiger partial charge in [0.25, 0.3) is 0 Å². The first kappa shape index (κ1) is 26.6. The molecule has 0 saturated heterocycles. The minimum Gasteiger partial charge on any atom is -0.489 e. The van der Waals surface area contributed by atoms with Gasteiger partial charge in [0.15, 0.2) is 0 Å². The highest BCUT2D eigenvalue weighted by Gasteiger charge is 2.15. The molecule has 0 radical (unpaired) electrons. The van der Waals surface area contributed by atoms with Gasteiger partial charge in [0.2, 0.25) is 0 Å². The molecule has 208 valence electrons. The number of aryl methyl sites for hydroxylation is 2. The molecule has 1 heterocycles. The lowest BCUT2D eigenvalue weighted by Gasteiger charge is -2.11. The molecule has 0 aliphatic rings. The van der Waals surface area contributed by atoms with Crippen LogP contribution < -0.4 is 4.74 Å². The van der Waals surface area contributed by atoms with Gasteiger partial charge in [0, 0.05) is 16.5 Å². The number of benzene rings is 6. The zero-order valence-electron chi connectivity index (χ0n) is 24.5. The standard InChI is InChI=1S/C41H33NO/c1-4-30-9-11-31(12-10-30)27-43-37-21-19-36(20-22-37)42-40-23-17-34(32-13-5-28(2)6-14-32)25-38(40)39-26-35(18-24-41(39)42)33-15-7-29(3)8-16-33/h4-26H,1,27H2,2-3H3. The highest BCUT2D eigenvalue weighted by Crippen LogP contribution is 2.37. The van der Waals surface area contributed by atoms with Gasteiger partial charge in [-0.25, -0.2) is 0 Å². The van der Waals surface area contributed by atoms with Crippen LogP contribution in [0.1, 0.15) is 22.3 Å². The molecule has 0 saturated carbocycles. The van der Waals surface area contributed by atoms with Gasteiger partial charge < -0.3 is 9.30 Å². The molecular formula is C41H33NO. The van der Waals surface area contributed by atoms with Crippen molar-refractivity contribution in [2.75, 3.05) is 0 Å². The second-order valence-corrected chi connectivity index (χ2v) is 11.3. The molecule has 2 nitrogen and oxygen atoms in total. The third kappa shape index (κ3) is 5.24. The molecule has 0 aliphatic carbocycles. The van der Waals surface area contributed by atoms with Crippen LogP contribution >= 0.6 is 0 Å². The second-order valence-electron chi connectivity index (χ2n) is 11.3. The van der Waals surface area contributed by atoms with Crippen LogP contribution in [0.25, 0.3) is 55.8 Å². The Morgan fingerprint density at radius 3 is 1.53 bits per heavy atom. The Hall–Kier alpha value is -5.34. The van der Waals surface area contributed by atoms with E-state index in [1.165, 1.54) is 55.2 Å². The van der Waals surface area contributed by atoms with E-state index in [1.54, 1.807) is 0 Å². The Labute approximate surface area is 253 Å². The van der Waals surface area contributed by atoms with Crippen molar-refractivity contribution in [3.63, 3.8) is 0 Å². The van der Waals surface area contributed by atoms with E-state index in [0.717, 1.165) is 22.6 Å². The maximum absolute atomic E-state index is 6.12. The predicted octanol–water partition coefficient (Wildman–Crippen LogP) is 11.0. The van der Waals surface area contributed by atoms with E-state index in [2.05, 4.69) is 158 Å². The Balaban J connectivity index is 1.30. The third-order valence-electron chi connectivity index (χ3n) is 8.25. The molecule has 0 atom stereocenters. The Kier molecular flexibility index (Phi) is 6.89. The number of hydrogen-bond donors (Lipinski definition) is 0. The monoisotopic (exact) mass is 555 g/mol. The van der Waals surface area contributed by atoms with Gasteiger partial charge in [0.1, 0.15) is 12.4 Å². The number of fused-ring (bicyclic) bond motifs is 3. The van der Waals surface area contributed by atoms with Crippen LogP contribution in [-0.4, -0.2) is 4.57 Å². The van der Waals surface area contributed by atoms with E-state index in [1.807, 2.05) is 6.08 Å². The van der Waals surface area contributed by atoms with E-state index in [0.29, 0.717) is 6.61 Å². The molecular weight excluding hydrogens is 522 g/mol. The van der Waals surface area contributed by atoms with Gasteiger partial charge in [0.05, 0.1) is 11.0 Å². The zero-order chi connectivity index (χ0) is 29.3. The highest BCUT2D eigenvalue weighted by molar-refractivity contribution is 6.11. The molecule has 0 unspecified atom stereocenters. The number of hydrogen-bond acceptors (Lipinski definition) is 1. The minimum atomic E-state index is 0.524. The normalized spacial score (nSPS) is 11.2. The van der Waals surface area contributed by atoms with Gasteiger partial charge in [-0.1, -0.05) is 109 Å². The van der Waals surface area contributed by atoms with Crippen molar-refractivity contribution >= 4 is 27.9 Å². The van der Waals surface area contributed by atoms with Crippen molar-refractivity contribution < 1.29 is 4.74 Å². The van der Waals surface area contributed by atoms with Crippen molar-refractivity contribution in [3.05, 3.63) is 162 Å². The third-order valence-corrected chi connectivity index (χ3v) is 8.25. The fraction of sp³-hybridized carbons (Fsp3) is 0.0732. The smallest absolute Gasteiger partial charge is 0.119 e. The maximum atomic E-state index is 6.12. The van der Waals surface area contributed by atoms with Crippen LogP contribution in [0.4, 0.5) is 0 Å². The molecule has 0 aliphatic heterocycles. The Morgan fingerprint density at radius 2 is 1.05 bits per heavy atom. The first-order valence-corrected chi connectivity index (χ1v) is 14.7. The number of nitrogens with zero attached hydrogens (tertiary/aromatic N) is 1. The van der Waals surface area contributed by atoms with E-state index >= 15 is 0 Å². The summed E-state index contributed by atoms with van der Waals surface area (Å²) in [6.07, 6.45) is 1.85. The largest absolute Gasteiger partial charge is 0.489 e. The average Bonchev–Trinajstić information content (AvgIpc) is 3.38. The van der Waals surface area contributed by atoms with Crippen LogP contribution in [0.2, 0.25) is 0 Å². The quantitative estimate of drug-likeness (QED) is 0.191. The number of rotatable bonds is 7. The van der Waals surface area contributed by atoms with Gasteiger partial charge in [-0.3, -0.25) is 0 Å². The summed E-state index contributed by atoms with van der Waals surface area (Å²) in [6, 6.07) is 47.9. The van der Waals surface area contributed by atoms with E-state index < -0.39 is 0 Å². The van der Waals surface area contributed by atoms with Gasteiger partial charge >= 0.3 is 0 Å². The molecule has 7 rings (SSSR count). The Morgan fingerprint density at radius 1 is 0.558 bits per heavy atom. The van der Waals surface area contributed by atoms with Crippen LogP contribution in [0.3, 0.4) is 0 Å². The summed E-state index contributed by atoms with van der Waals surface area (Å²) < 4.78 is 8.49. The molecule has 0 bridgehead atoms. The van der Waals surface area contributed by atoms with Crippen molar-refractivity contribution in [1.82, 2.24) is 4.57 Å². The molecule has 1 aromatic heterocycles. The summed E-state index contributed by atoms with van der Waals surface area (Å²) >= 11 is 0. The fourth-order valence-electron chi connectivity index (χ4n) is 5.76. The van der Waals surface area contributed by atoms with Gasteiger partial charge in [-0.15, -0.1) is 0 Å². The lowest BCUT2D eigenvalue weighted by molar-refractivity contribution is 0.306. The molecule has 2 heteroatoms. The molecule has 7 aromatic rings. The molecule has 0 N–H and O–H groups in total. The van der Waals surface area contributed by atoms with Crippen LogP contribution in [0, 0.1) is 13.8 Å². The summed E-state index contributed by atoms with van der Waals surface area (Å²) in [5, 5.41) is 2.48. The number of ether oxygens (including phenoxy) is 1. The van der Waals surface area contributed by atoms with E-state index in [-0.39, 0.29) is 0 Å². The van der Waals surface area contributed by atoms with Crippen molar-refractivity contribution in [1.29, 1.82) is 0 Å². The average molecular weight is 556 g/mol. The molecule has 0 fully saturated rings. The number of aromatic nitrogens is 1. The fourth-order valence-corrected chi connectivity index (χ4v) is 5.76. The second kappa shape index (κ2) is 11.2. The van der Waals surface area contributed by atoms with Crippen molar-refractivity contribution in [2.45, 2.75) is 20.5 Å². The summed E-state index contributed by atoms with van der Waals surface area (Å²) in [5.41, 5.74) is 13.1. The van der Waals surface area contributed by atoms with Crippen LogP contribution in [0.5, 0.6) is 5.75 Å².